The molecule has 1 rings (SSSR count). The van der Waals surface area contributed by atoms with E-state index in [1.165, 1.54) is 29.9 Å². The molecule has 15 heavy (non-hydrogen) atoms. The molecule has 1 aliphatic heterocycles. The minimum atomic E-state index is -0.163. The van der Waals surface area contributed by atoms with Gasteiger partial charge in [0.25, 0.3) is 11.8 Å². The van der Waals surface area contributed by atoms with Gasteiger partial charge in [-0.25, -0.2) is 0 Å². The second-order valence-corrected chi connectivity index (χ2v) is 4.40. The van der Waals surface area contributed by atoms with Gasteiger partial charge in [-0.3, -0.25) is 14.5 Å². The summed E-state index contributed by atoms with van der Waals surface area (Å²) < 4.78 is 0. The molecule has 3 nitrogen and oxygen atoms in total. The molecule has 0 spiro atoms. The van der Waals surface area contributed by atoms with E-state index in [0.29, 0.717) is 6.54 Å². The van der Waals surface area contributed by atoms with E-state index in [-0.39, 0.29) is 11.8 Å². The maximum absolute atomic E-state index is 11.2. The topological polar surface area (TPSA) is 37.4 Å². The first-order valence-corrected chi connectivity index (χ1v) is 5.65. The van der Waals surface area contributed by atoms with Crippen molar-refractivity contribution in [3.63, 3.8) is 0 Å². The monoisotopic (exact) mass is 209 g/mol. The van der Waals surface area contributed by atoms with Crippen molar-refractivity contribution in [3.05, 3.63) is 12.2 Å². The van der Waals surface area contributed by atoms with Crippen molar-refractivity contribution in [2.24, 2.45) is 5.92 Å². The first-order chi connectivity index (χ1) is 7.11. The summed E-state index contributed by atoms with van der Waals surface area (Å²) in [5, 5.41) is 0. The number of carbonyl (C=O) groups excluding carboxylic acids is 2. The molecule has 0 N–H and O–H groups in total. The van der Waals surface area contributed by atoms with Gasteiger partial charge in [-0.05, 0) is 12.3 Å². The van der Waals surface area contributed by atoms with Gasteiger partial charge >= 0.3 is 0 Å². The van der Waals surface area contributed by atoms with E-state index in [0.717, 1.165) is 18.8 Å². The summed E-state index contributed by atoms with van der Waals surface area (Å²) in [5.41, 5.74) is 0. The lowest BCUT2D eigenvalue weighted by molar-refractivity contribution is -0.136. The SMILES string of the molecule is CC(C)CCCCCN1C(=O)C=CC1=O. The summed E-state index contributed by atoms with van der Waals surface area (Å²) in [7, 11) is 0. The molecule has 0 atom stereocenters. The van der Waals surface area contributed by atoms with Gasteiger partial charge in [-0.15, -0.1) is 0 Å². The molecule has 0 aromatic heterocycles. The molecule has 0 saturated heterocycles. The number of amides is 2. The summed E-state index contributed by atoms with van der Waals surface area (Å²) in [6.45, 7) is 4.98. The zero-order chi connectivity index (χ0) is 11.3. The van der Waals surface area contributed by atoms with Crippen LogP contribution in [0.2, 0.25) is 0 Å². The molecule has 0 fully saturated rings. The lowest BCUT2D eigenvalue weighted by Crippen LogP contribution is -2.30. The predicted molar refractivity (Wildman–Crippen MR) is 59.2 cm³/mol. The molecular weight excluding hydrogens is 190 g/mol. The first-order valence-electron chi connectivity index (χ1n) is 5.65. The van der Waals surface area contributed by atoms with Crippen molar-refractivity contribution in [1.29, 1.82) is 0 Å². The zero-order valence-electron chi connectivity index (χ0n) is 9.53. The van der Waals surface area contributed by atoms with Crippen LogP contribution in [0.4, 0.5) is 0 Å². The summed E-state index contributed by atoms with van der Waals surface area (Å²) >= 11 is 0. The Balaban J connectivity index is 2.10. The third-order valence-electron chi connectivity index (χ3n) is 2.56. The van der Waals surface area contributed by atoms with Crippen molar-refractivity contribution in [3.8, 4) is 0 Å². The molecule has 3 heteroatoms. The fourth-order valence-electron chi connectivity index (χ4n) is 1.65. The highest BCUT2D eigenvalue weighted by atomic mass is 16.2. The van der Waals surface area contributed by atoms with Crippen LogP contribution in [-0.2, 0) is 9.59 Å². The lowest BCUT2D eigenvalue weighted by Gasteiger charge is -2.13. The Morgan fingerprint density at radius 2 is 1.67 bits per heavy atom. The standard InChI is InChI=1S/C12H19NO2/c1-10(2)6-4-3-5-9-13-11(14)7-8-12(13)15/h7-8,10H,3-6,9H2,1-2H3. The van der Waals surface area contributed by atoms with Crippen LogP contribution in [0.25, 0.3) is 0 Å². The van der Waals surface area contributed by atoms with E-state index in [1.54, 1.807) is 0 Å². The van der Waals surface area contributed by atoms with E-state index < -0.39 is 0 Å². The smallest absolute Gasteiger partial charge is 0.253 e. The van der Waals surface area contributed by atoms with Crippen molar-refractivity contribution in [2.75, 3.05) is 6.54 Å². The molecule has 2 amide bonds. The van der Waals surface area contributed by atoms with Crippen LogP contribution in [-0.4, -0.2) is 23.3 Å². The molecule has 0 radical (unpaired) electrons. The minimum absolute atomic E-state index is 0.163. The maximum Gasteiger partial charge on any atom is 0.253 e. The predicted octanol–water partition coefficient (Wildman–Crippen LogP) is 2.13. The van der Waals surface area contributed by atoms with Gasteiger partial charge in [0.05, 0.1) is 0 Å². The Morgan fingerprint density at radius 1 is 1.07 bits per heavy atom. The summed E-state index contributed by atoms with van der Waals surface area (Å²) in [6.07, 6.45) is 7.11. The number of hydrogen-bond acceptors (Lipinski definition) is 2. The number of rotatable bonds is 6. The van der Waals surface area contributed by atoms with Crippen LogP contribution >= 0.6 is 0 Å². The van der Waals surface area contributed by atoms with Gasteiger partial charge in [0.15, 0.2) is 0 Å². The number of unbranched alkanes of at least 4 members (excludes halogenated alkanes) is 2. The summed E-state index contributed by atoms with van der Waals surface area (Å²) in [6, 6.07) is 0. The second kappa shape index (κ2) is 5.69. The van der Waals surface area contributed by atoms with Gasteiger partial charge < -0.3 is 0 Å². The Morgan fingerprint density at radius 3 is 2.20 bits per heavy atom. The molecule has 0 saturated carbocycles. The number of imide groups is 1. The average molecular weight is 209 g/mol. The molecule has 0 bridgehead atoms. The fourth-order valence-corrected chi connectivity index (χ4v) is 1.65. The van der Waals surface area contributed by atoms with Crippen LogP contribution in [0, 0.1) is 5.92 Å². The zero-order valence-corrected chi connectivity index (χ0v) is 9.53. The molecule has 1 aliphatic rings. The first kappa shape index (κ1) is 12.0. The normalized spacial score (nSPS) is 15.8. The van der Waals surface area contributed by atoms with Crippen molar-refractivity contribution in [1.82, 2.24) is 4.90 Å². The fraction of sp³-hybridized carbons (Fsp3) is 0.667. The van der Waals surface area contributed by atoms with Crippen LogP contribution in [0.5, 0.6) is 0 Å². The van der Waals surface area contributed by atoms with Gasteiger partial charge in [0.2, 0.25) is 0 Å². The van der Waals surface area contributed by atoms with E-state index in [1.807, 2.05) is 0 Å². The molecule has 84 valence electrons. The van der Waals surface area contributed by atoms with Crippen LogP contribution < -0.4 is 0 Å². The Kier molecular flexibility index (Phi) is 4.53. The van der Waals surface area contributed by atoms with Gasteiger partial charge in [-0.1, -0.05) is 33.1 Å². The Hall–Kier alpha value is -1.12. The quantitative estimate of drug-likeness (QED) is 0.496. The number of carbonyl (C=O) groups is 2. The van der Waals surface area contributed by atoms with Gasteiger partial charge in [-0.2, -0.15) is 0 Å². The second-order valence-electron chi connectivity index (χ2n) is 4.40. The molecule has 1 heterocycles. The van der Waals surface area contributed by atoms with Crippen molar-refractivity contribution >= 4 is 11.8 Å². The van der Waals surface area contributed by atoms with E-state index in [2.05, 4.69) is 13.8 Å². The average Bonchev–Trinajstić information content (AvgIpc) is 2.47. The highest BCUT2D eigenvalue weighted by molar-refractivity contribution is 6.12. The lowest BCUT2D eigenvalue weighted by atomic mass is 10.1. The highest BCUT2D eigenvalue weighted by Gasteiger charge is 2.21. The van der Waals surface area contributed by atoms with Gasteiger partial charge in [0.1, 0.15) is 0 Å². The summed E-state index contributed by atoms with van der Waals surface area (Å²) in [5.74, 6) is 0.412. The van der Waals surface area contributed by atoms with Crippen LogP contribution in [0.15, 0.2) is 12.2 Å². The van der Waals surface area contributed by atoms with E-state index in [9.17, 15) is 9.59 Å². The Bertz CT molecular complexity index is 251. The summed E-state index contributed by atoms with van der Waals surface area (Å²) in [4.78, 5) is 23.7. The minimum Gasteiger partial charge on any atom is -0.275 e. The van der Waals surface area contributed by atoms with Crippen LogP contribution in [0.3, 0.4) is 0 Å². The molecule has 0 unspecified atom stereocenters. The van der Waals surface area contributed by atoms with Crippen molar-refractivity contribution in [2.45, 2.75) is 39.5 Å². The maximum atomic E-state index is 11.2. The highest BCUT2D eigenvalue weighted by Crippen LogP contribution is 2.10. The Labute approximate surface area is 91.1 Å². The molecule has 0 aromatic carbocycles. The van der Waals surface area contributed by atoms with Crippen molar-refractivity contribution < 1.29 is 9.59 Å². The molecule has 0 aliphatic carbocycles. The third-order valence-corrected chi connectivity index (χ3v) is 2.56. The number of nitrogens with zero attached hydrogens (tertiary/aromatic N) is 1. The van der Waals surface area contributed by atoms with Gasteiger partial charge in [0, 0.05) is 18.7 Å². The largest absolute Gasteiger partial charge is 0.275 e. The third kappa shape index (κ3) is 3.86. The van der Waals surface area contributed by atoms with E-state index >= 15 is 0 Å². The molecular formula is C12H19NO2. The number of hydrogen-bond donors (Lipinski definition) is 0. The van der Waals surface area contributed by atoms with Crippen LogP contribution in [0.1, 0.15) is 39.5 Å². The van der Waals surface area contributed by atoms with E-state index in [4.69, 9.17) is 0 Å². The molecule has 0 aromatic rings.